The summed E-state index contributed by atoms with van der Waals surface area (Å²) < 4.78 is 4.85. The van der Waals surface area contributed by atoms with E-state index in [1.165, 1.54) is 0 Å². The van der Waals surface area contributed by atoms with Gasteiger partial charge in [0.25, 0.3) is 0 Å². The van der Waals surface area contributed by atoms with Crippen LogP contribution in [-0.4, -0.2) is 11.2 Å². The highest BCUT2D eigenvalue weighted by Crippen LogP contribution is 2.29. The molecule has 1 aromatic heterocycles. The monoisotopic (exact) mass is 285 g/mol. The van der Waals surface area contributed by atoms with E-state index in [1.54, 1.807) is 31.2 Å². The molecule has 0 unspecified atom stereocenters. The van der Waals surface area contributed by atoms with Crippen LogP contribution in [0.5, 0.6) is 0 Å². The van der Waals surface area contributed by atoms with E-state index in [2.05, 4.69) is 15.8 Å². The van der Waals surface area contributed by atoms with Crippen molar-refractivity contribution in [1.82, 2.24) is 5.16 Å². The van der Waals surface area contributed by atoms with Crippen molar-refractivity contribution in [3.63, 3.8) is 0 Å². The van der Waals surface area contributed by atoms with Gasteiger partial charge in [-0.15, -0.1) is 0 Å². The largest absolute Gasteiger partial charge is 0.338 e. The second-order valence-electron chi connectivity index (χ2n) is 3.51. The number of aryl methyl sites for hydroxylation is 1. The highest BCUT2D eigenvalue weighted by Gasteiger charge is 2.10. The van der Waals surface area contributed by atoms with Gasteiger partial charge in [0.1, 0.15) is 0 Å². The Morgan fingerprint density at radius 3 is 2.78 bits per heavy atom. The molecule has 2 rings (SSSR count). The van der Waals surface area contributed by atoms with Gasteiger partial charge in [0.05, 0.1) is 21.4 Å². The second-order valence-corrected chi connectivity index (χ2v) is 4.30. The number of anilines is 2. The molecule has 0 bridgehead atoms. The van der Waals surface area contributed by atoms with Crippen LogP contribution in [0.4, 0.5) is 16.4 Å². The van der Waals surface area contributed by atoms with Crippen molar-refractivity contribution >= 4 is 40.8 Å². The van der Waals surface area contributed by atoms with Crippen LogP contribution < -0.4 is 10.6 Å². The molecule has 2 amide bonds. The predicted molar refractivity (Wildman–Crippen MR) is 70.3 cm³/mol. The van der Waals surface area contributed by atoms with E-state index in [0.29, 0.717) is 16.4 Å². The van der Waals surface area contributed by atoms with Gasteiger partial charge in [-0.1, -0.05) is 34.4 Å². The number of benzene rings is 1. The molecule has 1 heterocycles. The smallest absolute Gasteiger partial charge is 0.326 e. The summed E-state index contributed by atoms with van der Waals surface area (Å²) in [4.78, 5) is 11.6. The second kappa shape index (κ2) is 5.29. The molecule has 0 aliphatic heterocycles. The first kappa shape index (κ1) is 12.7. The lowest BCUT2D eigenvalue weighted by molar-refractivity contribution is 0.261. The molecule has 2 N–H and O–H groups in total. The quantitative estimate of drug-likeness (QED) is 0.878. The van der Waals surface area contributed by atoms with Gasteiger partial charge in [-0.3, -0.25) is 5.32 Å². The number of hydrogen-bond acceptors (Lipinski definition) is 3. The Labute approximate surface area is 113 Å². The molecule has 0 aliphatic rings. The van der Waals surface area contributed by atoms with Gasteiger partial charge in [0.2, 0.25) is 5.88 Å². The fourth-order valence-electron chi connectivity index (χ4n) is 1.29. The van der Waals surface area contributed by atoms with Crippen LogP contribution in [0, 0.1) is 6.92 Å². The maximum absolute atomic E-state index is 11.6. The number of aromatic nitrogens is 1. The molecule has 0 saturated heterocycles. The summed E-state index contributed by atoms with van der Waals surface area (Å²) in [5, 5.41) is 9.32. The van der Waals surface area contributed by atoms with Crippen LogP contribution in [0.3, 0.4) is 0 Å². The van der Waals surface area contributed by atoms with Crippen LogP contribution in [-0.2, 0) is 0 Å². The molecule has 0 fully saturated rings. The minimum Gasteiger partial charge on any atom is -0.338 e. The summed E-state index contributed by atoms with van der Waals surface area (Å²) in [6.07, 6.45) is 0. The average Bonchev–Trinajstić information content (AvgIpc) is 2.70. The lowest BCUT2D eigenvalue weighted by Crippen LogP contribution is -2.19. The topological polar surface area (TPSA) is 67.2 Å². The van der Waals surface area contributed by atoms with E-state index >= 15 is 0 Å². The summed E-state index contributed by atoms with van der Waals surface area (Å²) in [6, 6.07) is 6.06. The van der Waals surface area contributed by atoms with Gasteiger partial charge in [0, 0.05) is 6.07 Å². The maximum Gasteiger partial charge on any atom is 0.326 e. The zero-order valence-corrected chi connectivity index (χ0v) is 10.8. The molecule has 0 radical (unpaired) electrons. The Morgan fingerprint density at radius 1 is 1.33 bits per heavy atom. The molecule has 0 spiro atoms. The molecule has 7 heteroatoms. The molecular weight excluding hydrogens is 277 g/mol. The molecule has 0 aliphatic carbocycles. The van der Waals surface area contributed by atoms with Gasteiger partial charge in [0.15, 0.2) is 0 Å². The molecule has 0 saturated carbocycles. The summed E-state index contributed by atoms with van der Waals surface area (Å²) in [5.41, 5.74) is 1.09. The SMILES string of the molecule is Cc1cc(NC(=O)Nc2cccc(Cl)c2Cl)on1. The van der Waals surface area contributed by atoms with Gasteiger partial charge < -0.3 is 9.84 Å². The fourth-order valence-corrected chi connectivity index (χ4v) is 1.64. The minimum atomic E-state index is -0.490. The Balaban J connectivity index is 2.05. The van der Waals surface area contributed by atoms with Crippen LogP contribution in [0.2, 0.25) is 10.0 Å². The predicted octanol–water partition coefficient (Wildman–Crippen LogP) is 3.93. The number of carbonyl (C=O) groups is 1. The number of urea groups is 1. The molecule has 18 heavy (non-hydrogen) atoms. The standard InChI is InChI=1S/C11H9Cl2N3O2/c1-6-5-9(18-16-6)15-11(17)14-8-4-2-3-7(12)10(8)13/h2-5H,1H3,(H2,14,15,17). The molecular formula is C11H9Cl2N3O2. The zero-order valence-electron chi connectivity index (χ0n) is 9.33. The van der Waals surface area contributed by atoms with E-state index in [-0.39, 0.29) is 10.9 Å². The first-order chi connectivity index (χ1) is 8.56. The Kier molecular flexibility index (Phi) is 3.74. The fraction of sp³-hybridized carbons (Fsp3) is 0.0909. The van der Waals surface area contributed by atoms with Gasteiger partial charge >= 0.3 is 6.03 Å². The van der Waals surface area contributed by atoms with E-state index in [1.807, 2.05) is 0 Å². The lowest BCUT2D eigenvalue weighted by Gasteiger charge is -2.07. The summed E-state index contributed by atoms with van der Waals surface area (Å²) in [5.74, 6) is 0.253. The van der Waals surface area contributed by atoms with Crippen LogP contribution >= 0.6 is 23.2 Å². The van der Waals surface area contributed by atoms with Crippen LogP contribution in [0.15, 0.2) is 28.8 Å². The van der Waals surface area contributed by atoms with Crippen molar-refractivity contribution in [3.8, 4) is 0 Å². The number of rotatable bonds is 2. The third kappa shape index (κ3) is 2.94. The van der Waals surface area contributed by atoms with Gasteiger partial charge in [-0.05, 0) is 19.1 Å². The van der Waals surface area contributed by atoms with Crippen molar-refractivity contribution in [2.24, 2.45) is 0 Å². The summed E-state index contributed by atoms with van der Waals surface area (Å²) >= 11 is 11.8. The number of amides is 2. The first-order valence-corrected chi connectivity index (χ1v) is 5.77. The minimum absolute atomic E-state index is 0.253. The average molecular weight is 286 g/mol. The van der Waals surface area contributed by atoms with Crippen molar-refractivity contribution in [3.05, 3.63) is 40.0 Å². The lowest BCUT2D eigenvalue weighted by atomic mass is 10.3. The Hall–Kier alpha value is -1.72. The highest BCUT2D eigenvalue weighted by atomic mass is 35.5. The third-order valence-electron chi connectivity index (χ3n) is 2.06. The van der Waals surface area contributed by atoms with Crippen LogP contribution in [0.25, 0.3) is 0 Å². The van der Waals surface area contributed by atoms with Crippen molar-refractivity contribution in [1.29, 1.82) is 0 Å². The molecule has 0 atom stereocenters. The Bertz CT molecular complexity index is 583. The molecule has 94 valence electrons. The third-order valence-corrected chi connectivity index (χ3v) is 2.88. The van der Waals surface area contributed by atoms with Gasteiger partial charge in [-0.25, -0.2) is 4.79 Å². The van der Waals surface area contributed by atoms with Gasteiger partial charge in [-0.2, -0.15) is 0 Å². The highest BCUT2D eigenvalue weighted by molar-refractivity contribution is 6.44. The molecule has 2 aromatic rings. The van der Waals surface area contributed by atoms with E-state index in [9.17, 15) is 4.79 Å². The first-order valence-electron chi connectivity index (χ1n) is 5.01. The zero-order chi connectivity index (χ0) is 13.1. The number of halogens is 2. The van der Waals surface area contributed by atoms with Crippen LogP contribution in [0.1, 0.15) is 5.69 Å². The Morgan fingerprint density at radius 2 is 2.11 bits per heavy atom. The van der Waals surface area contributed by atoms with E-state index < -0.39 is 6.03 Å². The van der Waals surface area contributed by atoms with Crippen molar-refractivity contribution < 1.29 is 9.32 Å². The molecule has 5 nitrogen and oxygen atoms in total. The van der Waals surface area contributed by atoms with Crippen molar-refractivity contribution in [2.75, 3.05) is 10.6 Å². The number of carbonyl (C=O) groups excluding carboxylic acids is 1. The number of nitrogens with one attached hydrogen (secondary N) is 2. The normalized spacial score (nSPS) is 10.2. The number of hydrogen-bond donors (Lipinski definition) is 2. The summed E-state index contributed by atoms with van der Waals surface area (Å²) in [7, 11) is 0. The van der Waals surface area contributed by atoms with Crippen molar-refractivity contribution in [2.45, 2.75) is 6.92 Å². The molecule has 1 aromatic carbocycles. The van der Waals surface area contributed by atoms with E-state index in [4.69, 9.17) is 27.7 Å². The summed E-state index contributed by atoms with van der Waals surface area (Å²) in [6.45, 7) is 1.75. The number of nitrogens with zero attached hydrogens (tertiary/aromatic N) is 1. The maximum atomic E-state index is 11.6. The van der Waals surface area contributed by atoms with E-state index in [0.717, 1.165) is 0 Å².